The van der Waals surface area contributed by atoms with Crippen LogP contribution in [0.5, 0.6) is 17.2 Å². The number of aromatic amines is 1. The van der Waals surface area contributed by atoms with Gasteiger partial charge in [0.2, 0.25) is 5.78 Å². The van der Waals surface area contributed by atoms with Crippen molar-refractivity contribution in [3.05, 3.63) is 89.5 Å². The van der Waals surface area contributed by atoms with Gasteiger partial charge >= 0.3 is 0 Å². The molecule has 2 aromatic heterocycles. The first-order valence-corrected chi connectivity index (χ1v) is 13.6. The number of ether oxygens (including phenoxy) is 1. The highest BCUT2D eigenvalue weighted by Crippen LogP contribution is 2.34. The highest BCUT2D eigenvalue weighted by molar-refractivity contribution is 7.98. The van der Waals surface area contributed by atoms with Gasteiger partial charge in [0.1, 0.15) is 11.6 Å². The van der Waals surface area contributed by atoms with Crippen LogP contribution in [0.1, 0.15) is 35.5 Å². The van der Waals surface area contributed by atoms with Crippen LogP contribution in [0.15, 0.2) is 66.9 Å². The molecule has 0 spiro atoms. The number of benzene rings is 3. The maximum atomic E-state index is 14.0. The van der Waals surface area contributed by atoms with Gasteiger partial charge in [-0.1, -0.05) is 12.1 Å². The summed E-state index contributed by atoms with van der Waals surface area (Å²) in [4.78, 5) is 20.5. The smallest absolute Gasteiger partial charge is 0.214 e. The first-order valence-electron chi connectivity index (χ1n) is 12.8. The zero-order chi connectivity index (χ0) is 30.0. The number of nitrogens with zero attached hydrogens (tertiary/aromatic N) is 2. The third-order valence-corrected chi connectivity index (χ3v) is 7.42. The van der Waals surface area contributed by atoms with Gasteiger partial charge in [-0.2, -0.15) is 5.10 Å². The second kappa shape index (κ2) is 11.7. The van der Waals surface area contributed by atoms with Gasteiger partial charge < -0.3 is 25.3 Å². The van der Waals surface area contributed by atoms with E-state index in [1.165, 1.54) is 29.1 Å². The monoisotopic (exact) mass is 594 g/mol. The molecule has 0 saturated carbocycles. The van der Waals surface area contributed by atoms with Crippen molar-refractivity contribution in [2.75, 3.05) is 17.1 Å². The molecule has 0 aliphatic heterocycles. The fourth-order valence-electron chi connectivity index (χ4n) is 4.13. The van der Waals surface area contributed by atoms with Crippen LogP contribution in [-0.2, 0) is 0 Å². The third-order valence-electron chi connectivity index (χ3n) is 6.44. The fourth-order valence-corrected chi connectivity index (χ4v) is 4.79. The van der Waals surface area contributed by atoms with Crippen molar-refractivity contribution in [1.82, 2.24) is 19.5 Å². The molecule has 0 amide bonds. The average Bonchev–Trinajstić information content (AvgIpc) is 3.56. The van der Waals surface area contributed by atoms with Crippen molar-refractivity contribution in [3.8, 4) is 22.9 Å². The summed E-state index contributed by atoms with van der Waals surface area (Å²) < 4.78 is 40.4. The lowest BCUT2D eigenvalue weighted by Gasteiger charge is -2.22. The zero-order valence-electron chi connectivity index (χ0n) is 22.9. The van der Waals surface area contributed by atoms with Gasteiger partial charge in [-0.15, -0.1) is 0 Å². The summed E-state index contributed by atoms with van der Waals surface area (Å²) >= 11 is 1.05. The number of rotatable bonds is 11. The first kappa shape index (κ1) is 28.9. The summed E-state index contributed by atoms with van der Waals surface area (Å²) in [5.41, 5.74) is 8.38. The Kier molecular flexibility index (Phi) is 8.07. The lowest BCUT2D eigenvalue weighted by molar-refractivity contribution is -0.00504. The standard InChI is InChI=1S/C29H28F2N6O4S/c1-16-10-18(40-25-7-5-4-6-20(25)30)8-9-24(16)37-28(32)19(14-33-37)27(39)23-11-17-12-26(41-31)22(13-21(17)34-23)35-42-36-29(2,3)15-38/h4-14,34-36,38H,15,32H2,1-3H3. The molecule has 0 aliphatic carbocycles. The summed E-state index contributed by atoms with van der Waals surface area (Å²) in [6.07, 6.45) is 1.38. The van der Waals surface area contributed by atoms with E-state index in [0.29, 0.717) is 28.0 Å². The molecule has 3 aromatic carbocycles. The number of hydrogen-bond acceptors (Lipinski definition) is 9. The van der Waals surface area contributed by atoms with E-state index in [2.05, 4.69) is 24.5 Å². The van der Waals surface area contributed by atoms with Crippen LogP contribution in [0.4, 0.5) is 20.4 Å². The Hall–Kier alpha value is -4.59. The molecule has 0 bridgehead atoms. The van der Waals surface area contributed by atoms with Gasteiger partial charge in [0, 0.05) is 33.1 Å². The number of para-hydroxylation sites is 1. The van der Waals surface area contributed by atoms with E-state index >= 15 is 0 Å². The number of nitrogens with two attached hydrogens (primary N) is 1. The van der Waals surface area contributed by atoms with E-state index in [1.54, 1.807) is 56.3 Å². The number of aliphatic hydroxyl groups excluding tert-OH is 1. The van der Waals surface area contributed by atoms with E-state index < -0.39 is 17.1 Å². The predicted molar refractivity (Wildman–Crippen MR) is 158 cm³/mol. The van der Waals surface area contributed by atoms with Crippen LogP contribution in [0.3, 0.4) is 0 Å². The maximum absolute atomic E-state index is 14.0. The molecule has 0 saturated heterocycles. The molecule has 10 nitrogen and oxygen atoms in total. The van der Waals surface area contributed by atoms with Crippen LogP contribution < -0.4 is 24.9 Å². The number of hydrogen-bond donors (Lipinski definition) is 5. The minimum Gasteiger partial charge on any atom is -0.454 e. The second-order valence-electron chi connectivity index (χ2n) is 10.2. The molecular formula is C29H28F2N6O4S. The number of fused-ring (bicyclic) bond motifs is 1. The number of H-pyrrole nitrogens is 1. The van der Waals surface area contributed by atoms with Gasteiger partial charge in [0.05, 0.1) is 35.4 Å². The van der Waals surface area contributed by atoms with Crippen molar-refractivity contribution in [2.45, 2.75) is 26.3 Å². The van der Waals surface area contributed by atoms with E-state index in [9.17, 15) is 18.8 Å². The number of nitrogens with one attached hydrogen (secondary N) is 3. The number of aliphatic hydroxyl groups is 1. The Balaban J connectivity index is 1.37. The summed E-state index contributed by atoms with van der Waals surface area (Å²) in [6.45, 7) is 5.31. The van der Waals surface area contributed by atoms with Crippen LogP contribution in [0.25, 0.3) is 16.6 Å². The van der Waals surface area contributed by atoms with Crippen molar-refractivity contribution >= 4 is 40.3 Å². The molecule has 0 aliphatic rings. The minimum atomic E-state index is -0.579. The number of aromatic nitrogens is 3. The third kappa shape index (κ3) is 5.88. The number of carbonyl (C=O) groups excluding carboxylic acids is 1. The van der Waals surface area contributed by atoms with Crippen molar-refractivity contribution in [2.24, 2.45) is 0 Å². The highest BCUT2D eigenvalue weighted by Gasteiger charge is 2.22. The lowest BCUT2D eigenvalue weighted by atomic mass is 10.1. The predicted octanol–water partition coefficient (Wildman–Crippen LogP) is 6.01. The lowest BCUT2D eigenvalue weighted by Crippen LogP contribution is -2.38. The molecule has 13 heteroatoms. The molecule has 5 rings (SSSR count). The Morgan fingerprint density at radius 1 is 1.17 bits per heavy atom. The summed E-state index contributed by atoms with van der Waals surface area (Å²) in [5.74, 6) is -0.322. The highest BCUT2D eigenvalue weighted by atomic mass is 32.2. The Labute approximate surface area is 244 Å². The summed E-state index contributed by atoms with van der Waals surface area (Å²) in [6, 6.07) is 15.8. The molecule has 2 heterocycles. The fraction of sp³-hybridized carbons (Fsp3) is 0.172. The molecule has 6 N–H and O–H groups in total. The number of carbonyl (C=O) groups is 1. The van der Waals surface area contributed by atoms with Gasteiger partial charge in [-0.05, 0) is 74.9 Å². The van der Waals surface area contributed by atoms with E-state index in [4.69, 9.17) is 10.5 Å². The Bertz CT molecular complexity index is 1770. The number of halogens is 2. The van der Waals surface area contributed by atoms with Crippen LogP contribution >= 0.6 is 12.1 Å². The van der Waals surface area contributed by atoms with E-state index in [0.717, 1.165) is 17.7 Å². The zero-order valence-corrected chi connectivity index (χ0v) is 23.7. The van der Waals surface area contributed by atoms with E-state index in [1.807, 2.05) is 6.92 Å². The van der Waals surface area contributed by atoms with Crippen LogP contribution in [0.2, 0.25) is 0 Å². The molecule has 0 radical (unpaired) electrons. The molecule has 0 unspecified atom stereocenters. The average molecular weight is 595 g/mol. The Morgan fingerprint density at radius 2 is 1.95 bits per heavy atom. The number of aryl methyl sites for hydroxylation is 1. The number of ketones is 1. The molecule has 5 aromatic rings. The van der Waals surface area contributed by atoms with Gasteiger partial charge in [-0.25, -0.2) is 13.8 Å². The van der Waals surface area contributed by atoms with Crippen molar-refractivity contribution in [1.29, 1.82) is 0 Å². The number of anilines is 2. The van der Waals surface area contributed by atoms with Crippen molar-refractivity contribution < 1.29 is 28.5 Å². The molecule has 0 fully saturated rings. The second-order valence-corrected chi connectivity index (χ2v) is 10.8. The SMILES string of the molecule is Cc1cc(Oc2ccccc2F)ccc1-n1ncc(C(=O)c2cc3cc(OF)c(NSNC(C)(C)CO)cc3[nH]2)c1N. The minimum absolute atomic E-state index is 0.0816. The summed E-state index contributed by atoms with van der Waals surface area (Å²) in [5, 5.41) is 14.3. The van der Waals surface area contributed by atoms with Gasteiger partial charge in [0.15, 0.2) is 17.3 Å². The van der Waals surface area contributed by atoms with Crippen molar-refractivity contribution in [3.63, 3.8) is 0 Å². The van der Waals surface area contributed by atoms with Gasteiger partial charge in [0.25, 0.3) is 0 Å². The molecule has 42 heavy (non-hydrogen) atoms. The van der Waals surface area contributed by atoms with Crippen LogP contribution in [0, 0.1) is 12.7 Å². The molecule has 218 valence electrons. The topological polar surface area (TPSA) is 139 Å². The quantitative estimate of drug-likeness (QED) is 0.0919. The summed E-state index contributed by atoms with van der Waals surface area (Å²) in [7, 11) is 0. The largest absolute Gasteiger partial charge is 0.454 e. The van der Waals surface area contributed by atoms with E-state index in [-0.39, 0.29) is 35.2 Å². The maximum Gasteiger partial charge on any atom is 0.214 e. The Morgan fingerprint density at radius 3 is 2.67 bits per heavy atom. The van der Waals surface area contributed by atoms with Crippen LogP contribution in [-0.4, -0.2) is 37.8 Å². The molecule has 0 atom stereocenters. The molecular weight excluding hydrogens is 566 g/mol. The number of nitrogen functional groups attached to an aromatic ring is 1. The van der Waals surface area contributed by atoms with Gasteiger partial charge in [-0.3, -0.25) is 9.74 Å². The normalized spacial score (nSPS) is 11.6. The first-order chi connectivity index (χ1) is 20.1.